The predicted molar refractivity (Wildman–Crippen MR) is 51.2 cm³/mol. The van der Waals surface area contributed by atoms with Gasteiger partial charge in [0.05, 0.1) is 12.2 Å². The van der Waals surface area contributed by atoms with Crippen LogP contribution in [0.2, 0.25) is 0 Å². The summed E-state index contributed by atoms with van der Waals surface area (Å²) in [6.45, 7) is 4.37. The largest absolute Gasteiger partial charge is 0.393 e. The number of nitriles is 1. The lowest BCUT2D eigenvalue weighted by Crippen LogP contribution is -2.45. The summed E-state index contributed by atoms with van der Waals surface area (Å²) in [6, 6.07) is 2.00. The summed E-state index contributed by atoms with van der Waals surface area (Å²) >= 11 is 0. The van der Waals surface area contributed by atoms with Crippen molar-refractivity contribution in [3.63, 3.8) is 0 Å². The average Bonchev–Trinajstić information content (AvgIpc) is 2.18. The maximum Gasteiger partial charge on any atom is 0.242 e. The molecule has 0 radical (unpaired) electrons. The molecule has 0 atom stereocenters. The first kappa shape index (κ1) is 11.0. The standard InChI is InChI=1S/C10H16N2O2/c1-10(2,7-11)9(14)12-5-3-8(13)4-6-12/h8,13H,3-6H2,1-2H3. The smallest absolute Gasteiger partial charge is 0.242 e. The fourth-order valence-corrected chi connectivity index (χ4v) is 1.51. The number of hydrogen-bond acceptors (Lipinski definition) is 3. The first-order chi connectivity index (χ1) is 6.47. The van der Waals surface area contributed by atoms with Crippen LogP contribution in [0.25, 0.3) is 0 Å². The van der Waals surface area contributed by atoms with Crippen molar-refractivity contribution < 1.29 is 9.90 Å². The molecule has 1 aliphatic rings. The van der Waals surface area contributed by atoms with Gasteiger partial charge in [0.15, 0.2) is 0 Å². The Balaban J connectivity index is 2.59. The van der Waals surface area contributed by atoms with Crippen LogP contribution in [0.3, 0.4) is 0 Å². The fourth-order valence-electron chi connectivity index (χ4n) is 1.51. The molecule has 0 saturated carbocycles. The quantitative estimate of drug-likeness (QED) is 0.665. The molecule has 1 N–H and O–H groups in total. The number of piperidine rings is 1. The molecule has 1 amide bonds. The molecule has 1 aliphatic heterocycles. The lowest BCUT2D eigenvalue weighted by molar-refractivity contribution is -0.139. The van der Waals surface area contributed by atoms with Crippen LogP contribution in [0.5, 0.6) is 0 Å². The van der Waals surface area contributed by atoms with Gasteiger partial charge in [-0.3, -0.25) is 4.79 Å². The molecule has 0 spiro atoms. The van der Waals surface area contributed by atoms with E-state index in [-0.39, 0.29) is 12.0 Å². The molecule has 4 nitrogen and oxygen atoms in total. The lowest BCUT2D eigenvalue weighted by Gasteiger charge is -2.32. The number of aliphatic hydroxyl groups excluding tert-OH is 1. The van der Waals surface area contributed by atoms with Gasteiger partial charge < -0.3 is 10.0 Å². The molecule has 0 aromatic rings. The highest BCUT2D eigenvalue weighted by Gasteiger charge is 2.33. The minimum atomic E-state index is -0.942. The molecule has 78 valence electrons. The Morgan fingerprint density at radius 2 is 2.00 bits per heavy atom. The van der Waals surface area contributed by atoms with Crippen molar-refractivity contribution in [2.75, 3.05) is 13.1 Å². The van der Waals surface area contributed by atoms with Gasteiger partial charge in [0, 0.05) is 13.1 Å². The van der Waals surface area contributed by atoms with Crippen LogP contribution in [0, 0.1) is 16.7 Å². The maximum atomic E-state index is 11.8. The Hall–Kier alpha value is -1.08. The van der Waals surface area contributed by atoms with Crippen LogP contribution >= 0.6 is 0 Å². The number of aliphatic hydroxyl groups is 1. The van der Waals surface area contributed by atoms with Crippen LogP contribution < -0.4 is 0 Å². The minimum Gasteiger partial charge on any atom is -0.393 e. The summed E-state index contributed by atoms with van der Waals surface area (Å²) in [5.41, 5.74) is -0.942. The molecule has 1 fully saturated rings. The van der Waals surface area contributed by atoms with Crippen LogP contribution in [-0.2, 0) is 4.79 Å². The Morgan fingerprint density at radius 3 is 2.43 bits per heavy atom. The van der Waals surface area contributed by atoms with Crippen LogP contribution in [-0.4, -0.2) is 35.1 Å². The lowest BCUT2D eigenvalue weighted by atomic mass is 9.92. The second kappa shape index (κ2) is 3.97. The number of likely N-dealkylation sites (tertiary alicyclic amines) is 1. The second-order valence-corrected chi connectivity index (χ2v) is 4.26. The average molecular weight is 196 g/mol. The maximum absolute atomic E-state index is 11.8. The van der Waals surface area contributed by atoms with Gasteiger partial charge in [-0.25, -0.2) is 0 Å². The highest BCUT2D eigenvalue weighted by Crippen LogP contribution is 2.20. The van der Waals surface area contributed by atoms with Gasteiger partial charge in [-0.1, -0.05) is 0 Å². The third kappa shape index (κ3) is 2.24. The number of carbonyl (C=O) groups is 1. The fraction of sp³-hybridized carbons (Fsp3) is 0.800. The summed E-state index contributed by atoms with van der Waals surface area (Å²) in [7, 11) is 0. The van der Waals surface area contributed by atoms with E-state index in [9.17, 15) is 9.90 Å². The molecule has 0 unspecified atom stereocenters. The van der Waals surface area contributed by atoms with Gasteiger partial charge in [0.2, 0.25) is 5.91 Å². The summed E-state index contributed by atoms with van der Waals surface area (Å²) in [5, 5.41) is 18.1. The second-order valence-electron chi connectivity index (χ2n) is 4.26. The first-order valence-electron chi connectivity index (χ1n) is 4.86. The van der Waals surface area contributed by atoms with E-state index in [1.165, 1.54) is 0 Å². The van der Waals surface area contributed by atoms with Crippen LogP contribution in [0.1, 0.15) is 26.7 Å². The molecule has 14 heavy (non-hydrogen) atoms. The number of hydrogen-bond donors (Lipinski definition) is 1. The van der Waals surface area contributed by atoms with E-state index in [1.54, 1.807) is 18.7 Å². The predicted octanol–water partition coefficient (Wildman–Crippen LogP) is 0.519. The van der Waals surface area contributed by atoms with Crippen molar-refractivity contribution in [1.82, 2.24) is 4.90 Å². The third-order valence-corrected chi connectivity index (χ3v) is 2.57. The number of rotatable bonds is 1. The van der Waals surface area contributed by atoms with Crippen molar-refractivity contribution in [3.05, 3.63) is 0 Å². The van der Waals surface area contributed by atoms with E-state index in [2.05, 4.69) is 0 Å². The molecule has 0 bridgehead atoms. The summed E-state index contributed by atoms with van der Waals surface area (Å²) in [6.07, 6.45) is 0.949. The number of carbonyl (C=O) groups excluding carboxylic acids is 1. The van der Waals surface area contributed by atoms with Gasteiger partial charge >= 0.3 is 0 Å². The van der Waals surface area contributed by atoms with Gasteiger partial charge in [-0.05, 0) is 26.7 Å². The molecular formula is C10H16N2O2. The summed E-state index contributed by atoms with van der Waals surface area (Å²) in [4.78, 5) is 13.4. The highest BCUT2D eigenvalue weighted by molar-refractivity contribution is 5.84. The number of amides is 1. The molecule has 4 heteroatoms. The Morgan fingerprint density at radius 1 is 1.50 bits per heavy atom. The van der Waals surface area contributed by atoms with Gasteiger partial charge in [0.1, 0.15) is 5.41 Å². The molecule has 1 saturated heterocycles. The van der Waals surface area contributed by atoms with Crippen molar-refractivity contribution in [3.8, 4) is 6.07 Å². The third-order valence-electron chi connectivity index (χ3n) is 2.57. The summed E-state index contributed by atoms with van der Waals surface area (Å²) < 4.78 is 0. The van der Waals surface area contributed by atoms with E-state index in [1.807, 2.05) is 6.07 Å². The number of nitrogens with zero attached hydrogens (tertiary/aromatic N) is 2. The van der Waals surface area contributed by atoms with Gasteiger partial charge in [-0.2, -0.15) is 5.26 Å². The zero-order valence-electron chi connectivity index (χ0n) is 8.66. The first-order valence-corrected chi connectivity index (χ1v) is 4.86. The van der Waals surface area contributed by atoms with Crippen molar-refractivity contribution >= 4 is 5.91 Å². The Labute approximate surface area is 84.1 Å². The SMILES string of the molecule is CC(C)(C#N)C(=O)N1CCC(O)CC1. The van der Waals surface area contributed by atoms with Gasteiger partial charge in [0.25, 0.3) is 0 Å². The molecule has 1 heterocycles. The molecule has 0 aromatic carbocycles. The Kier molecular flexibility index (Phi) is 3.12. The topological polar surface area (TPSA) is 64.3 Å². The zero-order chi connectivity index (χ0) is 10.8. The highest BCUT2D eigenvalue weighted by atomic mass is 16.3. The molecular weight excluding hydrogens is 180 g/mol. The Bertz CT molecular complexity index is 260. The normalized spacial score (nSPS) is 19.1. The van der Waals surface area contributed by atoms with E-state index < -0.39 is 5.41 Å². The van der Waals surface area contributed by atoms with Crippen LogP contribution in [0.4, 0.5) is 0 Å². The van der Waals surface area contributed by atoms with Crippen molar-refractivity contribution in [2.24, 2.45) is 5.41 Å². The zero-order valence-corrected chi connectivity index (χ0v) is 8.66. The van der Waals surface area contributed by atoms with E-state index in [0.29, 0.717) is 25.9 Å². The van der Waals surface area contributed by atoms with Gasteiger partial charge in [-0.15, -0.1) is 0 Å². The van der Waals surface area contributed by atoms with E-state index in [0.717, 1.165) is 0 Å². The minimum absolute atomic E-state index is 0.132. The van der Waals surface area contributed by atoms with Crippen molar-refractivity contribution in [2.45, 2.75) is 32.8 Å². The van der Waals surface area contributed by atoms with Crippen LogP contribution in [0.15, 0.2) is 0 Å². The molecule has 0 aromatic heterocycles. The monoisotopic (exact) mass is 196 g/mol. The summed E-state index contributed by atoms with van der Waals surface area (Å²) in [5.74, 6) is -0.132. The van der Waals surface area contributed by atoms with E-state index in [4.69, 9.17) is 5.26 Å². The van der Waals surface area contributed by atoms with E-state index >= 15 is 0 Å². The molecule has 1 rings (SSSR count). The molecule has 0 aliphatic carbocycles. The van der Waals surface area contributed by atoms with Crippen molar-refractivity contribution in [1.29, 1.82) is 5.26 Å².